The SMILES string of the molecule is O=C(O)N1CCCC1=O.[Zn+2]. The van der Waals surface area contributed by atoms with E-state index >= 15 is 0 Å². The summed E-state index contributed by atoms with van der Waals surface area (Å²) in [6.07, 6.45) is -0.0743. The molecular formula is C5H7NO3Zn+2. The number of carbonyl (C=O) groups is 2. The van der Waals surface area contributed by atoms with Crippen molar-refractivity contribution < 1.29 is 34.2 Å². The van der Waals surface area contributed by atoms with E-state index in [0.717, 1.165) is 4.90 Å². The maximum absolute atomic E-state index is 10.6. The molecular weight excluding hydrogens is 187 g/mol. The van der Waals surface area contributed by atoms with Gasteiger partial charge in [-0.25, -0.2) is 9.69 Å². The van der Waals surface area contributed by atoms with Crippen molar-refractivity contribution in [2.75, 3.05) is 6.54 Å². The van der Waals surface area contributed by atoms with E-state index in [4.69, 9.17) is 5.11 Å². The first-order valence-corrected chi connectivity index (χ1v) is 2.75. The predicted molar refractivity (Wildman–Crippen MR) is 29.0 cm³/mol. The summed E-state index contributed by atoms with van der Waals surface area (Å²) in [4.78, 5) is 21.5. The molecule has 0 radical (unpaired) electrons. The topological polar surface area (TPSA) is 57.6 Å². The summed E-state index contributed by atoms with van der Waals surface area (Å²) in [6.45, 7) is 0.369. The van der Waals surface area contributed by atoms with Crippen LogP contribution in [-0.4, -0.2) is 28.6 Å². The number of hydrogen-bond donors (Lipinski definition) is 1. The van der Waals surface area contributed by atoms with E-state index in [0.29, 0.717) is 19.4 Å². The summed E-state index contributed by atoms with van der Waals surface area (Å²) in [7, 11) is 0. The molecule has 0 aromatic carbocycles. The van der Waals surface area contributed by atoms with Crippen LogP contribution in [-0.2, 0) is 24.3 Å². The van der Waals surface area contributed by atoms with Crippen molar-refractivity contribution in [1.82, 2.24) is 4.90 Å². The Hall–Kier alpha value is -0.437. The Bertz CT molecular complexity index is 159. The zero-order valence-electron chi connectivity index (χ0n) is 5.54. The number of hydrogen-bond acceptors (Lipinski definition) is 2. The van der Waals surface area contributed by atoms with Crippen molar-refractivity contribution in [2.45, 2.75) is 12.8 Å². The second-order valence-corrected chi connectivity index (χ2v) is 1.93. The van der Waals surface area contributed by atoms with Crippen LogP contribution in [0.25, 0.3) is 0 Å². The molecule has 0 aromatic heterocycles. The van der Waals surface area contributed by atoms with Gasteiger partial charge in [-0.2, -0.15) is 0 Å². The van der Waals surface area contributed by atoms with E-state index in [1.54, 1.807) is 0 Å². The van der Waals surface area contributed by atoms with Crippen molar-refractivity contribution >= 4 is 12.0 Å². The van der Waals surface area contributed by atoms with E-state index in [-0.39, 0.29) is 25.4 Å². The Morgan fingerprint density at radius 1 is 1.60 bits per heavy atom. The number of amides is 2. The predicted octanol–water partition coefficient (Wildman–Crippen LogP) is 0.284. The average molecular weight is 195 g/mol. The quantitative estimate of drug-likeness (QED) is 0.564. The van der Waals surface area contributed by atoms with Gasteiger partial charge in [-0.15, -0.1) is 0 Å². The van der Waals surface area contributed by atoms with Crippen molar-refractivity contribution in [3.05, 3.63) is 0 Å². The zero-order chi connectivity index (χ0) is 6.85. The van der Waals surface area contributed by atoms with E-state index in [1.807, 2.05) is 0 Å². The van der Waals surface area contributed by atoms with Crippen LogP contribution in [0.5, 0.6) is 0 Å². The van der Waals surface area contributed by atoms with Crippen LogP contribution >= 0.6 is 0 Å². The van der Waals surface area contributed by atoms with E-state index in [9.17, 15) is 9.59 Å². The van der Waals surface area contributed by atoms with Crippen LogP contribution in [0.15, 0.2) is 0 Å². The summed E-state index contributed by atoms with van der Waals surface area (Å²) in [5.74, 6) is -0.275. The van der Waals surface area contributed by atoms with Gasteiger partial charge in [0, 0.05) is 13.0 Å². The first-order chi connectivity index (χ1) is 4.22. The molecule has 0 unspecified atom stereocenters. The second-order valence-electron chi connectivity index (χ2n) is 1.93. The Balaban J connectivity index is 0.000000810. The van der Waals surface area contributed by atoms with Gasteiger partial charge in [-0.05, 0) is 6.42 Å². The van der Waals surface area contributed by atoms with Crippen LogP contribution in [0.1, 0.15) is 12.8 Å². The van der Waals surface area contributed by atoms with Gasteiger partial charge < -0.3 is 5.11 Å². The van der Waals surface area contributed by atoms with Crippen LogP contribution in [0.2, 0.25) is 0 Å². The maximum atomic E-state index is 10.6. The molecule has 50 valence electrons. The summed E-state index contributed by atoms with van der Waals surface area (Å²) in [5, 5.41) is 8.29. The van der Waals surface area contributed by atoms with Gasteiger partial charge in [-0.1, -0.05) is 0 Å². The standard InChI is InChI=1S/C5H7NO3.Zn/c7-4-2-1-3-6(4)5(8)9;/h1-3H2,(H,8,9);/q;+2. The van der Waals surface area contributed by atoms with Gasteiger partial charge in [0.25, 0.3) is 0 Å². The molecule has 1 aliphatic heterocycles. The van der Waals surface area contributed by atoms with Gasteiger partial charge >= 0.3 is 25.6 Å². The van der Waals surface area contributed by atoms with Gasteiger partial charge in [0.05, 0.1) is 0 Å². The Morgan fingerprint density at radius 2 is 2.20 bits per heavy atom. The Labute approximate surface area is 71.0 Å². The number of carbonyl (C=O) groups excluding carboxylic acids is 1. The molecule has 1 aliphatic rings. The molecule has 4 nitrogen and oxygen atoms in total. The molecule has 0 aromatic rings. The number of imide groups is 1. The molecule has 1 rings (SSSR count). The van der Waals surface area contributed by atoms with Crippen LogP contribution in [0, 0.1) is 0 Å². The number of carboxylic acid groups (broad SMARTS) is 1. The van der Waals surface area contributed by atoms with Gasteiger partial charge in [0.2, 0.25) is 5.91 Å². The van der Waals surface area contributed by atoms with Gasteiger partial charge in [0.1, 0.15) is 0 Å². The van der Waals surface area contributed by atoms with Gasteiger partial charge in [-0.3, -0.25) is 4.79 Å². The third-order valence-electron chi connectivity index (χ3n) is 1.30. The van der Waals surface area contributed by atoms with Crippen molar-refractivity contribution in [3.8, 4) is 0 Å². The molecule has 2 amide bonds. The zero-order valence-corrected chi connectivity index (χ0v) is 8.51. The molecule has 10 heavy (non-hydrogen) atoms. The van der Waals surface area contributed by atoms with Gasteiger partial charge in [0.15, 0.2) is 0 Å². The van der Waals surface area contributed by atoms with E-state index in [2.05, 4.69) is 0 Å². The smallest absolute Gasteiger partial charge is 0.465 e. The molecule has 0 atom stereocenters. The first-order valence-electron chi connectivity index (χ1n) is 2.75. The molecule has 0 saturated carbocycles. The minimum atomic E-state index is -1.13. The fourth-order valence-corrected chi connectivity index (χ4v) is 0.850. The molecule has 0 bridgehead atoms. The second kappa shape index (κ2) is 3.66. The van der Waals surface area contributed by atoms with E-state index in [1.165, 1.54) is 0 Å². The molecule has 1 N–H and O–H groups in total. The average Bonchev–Trinajstić information content (AvgIpc) is 2.13. The monoisotopic (exact) mass is 193 g/mol. The molecule has 0 spiro atoms. The number of likely N-dealkylation sites (tertiary alicyclic amines) is 1. The molecule has 0 aliphatic carbocycles. The maximum Gasteiger partial charge on any atom is 2.00 e. The Morgan fingerprint density at radius 3 is 2.40 bits per heavy atom. The minimum Gasteiger partial charge on any atom is -0.465 e. The van der Waals surface area contributed by atoms with Crippen molar-refractivity contribution in [1.29, 1.82) is 0 Å². The fourth-order valence-electron chi connectivity index (χ4n) is 0.850. The molecule has 1 fully saturated rings. The third kappa shape index (κ3) is 1.77. The summed E-state index contributed by atoms with van der Waals surface area (Å²) >= 11 is 0. The first kappa shape index (κ1) is 9.56. The molecule has 1 heterocycles. The van der Waals surface area contributed by atoms with Crippen molar-refractivity contribution in [2.24, 2.45) is 0 Å². The number of rotatable bonds is 0. The van der Waals surface area contributed by atoms with Crippen LogP contribution in [0.4, 0.5) is 4.79 Å². The van der Waals surface area contributed by atoms with Crippen molar-refractivity contribution in [3.63, 3.8) is 0 Å². The molecule has 5 heteroatoms. The summed E-state index contributed by atoms with van der Waals surface area (Å²) < 4.78 is 0. The third-order valence-corrected chi connectivity index (χ3v) is 1.30. The summed E-state index contributed by atoms with van der Waals surface area (Å²) in [5.41, 5.74) is 0. The fraction of sp³-hybridized carbons (Fsp3) is 0.600. The van der Waals surface area contributed by atoms with E-state index < -0.39 is 6.09 Å². The summed E-state index contributed by atoms with van der Waals surface area (Å²) in [6, 6.07) is 0. The normalized spacial score (nSPS) is 16.8. The largest absolute Gasteiger partial charge is 2.00 e. The Kier molecular flexibility index (Phi) is 3.50. The molecule has 1 saturated heterocycles. The van der Waals surface area contributed by atoms with Crippen LogP contribution in [0.3, 0.4) is 0 Å². The van der Waals surface area contributed by atoms with Crippen LogP contribution < -0.4 is 0 Å². The minimum absolute atomic E-state index is 0. The number of nitrogens with zero attached hydrogens (tertiary/aromatic N) is 1.